The van der Waals surface area contributed by atoms with E-state index in [0.29, 0.717) is 19.6 Å². The highest BCUT2D eigenvalue weighted by molar-refractivity contribution is 6.00. The van der Waals surface area contributed by atoms with Gasteiger partial charge in [0.05, 0.1) is 17.8 Å². The van der Waals surface area contributed by atoms with Gasteiger partial charge in [0.1, 0.15) is 5.75 Å². The fourth-order valence-corrected chi connectivity index (χ4v) is 2.57. The van der Waals surface area contributed by atoms with E-state index in [0.717, 1.165) is 28.0 Å². The molecule has 0 radical (unpaired) electrons. The maximum atomic E-state index is 12.2. The molecule has 25 heavy (non-hydrogen) atoms. The molecule has 1 aromatic heterocycles. The highest BCUT2D eigenvalue weighted by Gasteiger charge is 2.06. The van der Waals surface area contributed by atoms with E-state index in [1.807, 2.05) is 61.5 Å². The van der Waals surface area contributed by atoms with Crippen LogP contribution in [0.1, 0.15) is 13.3 Å². The maximum absolute atomic E-state index is 12.2. The topological polar surface area (TPSA) is 63.2 Å². The first kappa shape index (κ1) is 16.8. The van der Waals surface area contributed by atoms with Gasteiger partial charge in [-0.3, -0.25) is 9.78 Å². The molecule has 5 heteroatoms. The number of anilines is 2. The fourth-order valence-electron chi connectivity index (χ4n) is 2.57. The van der Waals surface area contributed by atoms with Gasteiger partial charge in [0, 0.05) is 30.2 Å². The first-order chi connectivity index (χ1) is 12.3. The van der Waals surface area contributed by atoms with E-state index >= 15 is 0 Å². The number of pyridine rings is 1. The van der Waals surface area contributed by atoms with Crippen molar-refractivity contribution in [2.24, 2.45) is 0 Å². The van der Waals surface area contributed by atoms with Gasteiger partial charge in [-0.05, 0) is 43.3 Å². The zero-order valence-electron chi connectivity index (χ0n) is 14.2. The zero-order chi connectivity index (χ0) is 17.5. The second-order valence-electron chi connectivity index (χ2n) is 5.56. The molecule has 0 saturated heterocycles. The average Bonchev–Trinajstić information content (AvgIpc) is 2.64. The number of rotatable bonds is 7. The van der Waals surface area contributed by atoms with Crippen molar-refractivity contribution in [2.45, 2.75) is 13.3 Å². The maximum Gasteiger partial charge on any atom is 0.226 e. The number of ether oxygens (including phenoxy) is 1. The van der Waals surface area contributed by atoms with Gasteiger partial charge in [-0.1, -0.05) is 18.2 Å². The molecule has 0 spiro atoms. The van der Waals surface area contributed by atoms with Crippen molar-refractivity contribution >= 4 is 28.2 Å². The molecular formula is C20H21N3O2. The summed E-state index contributed by atoms with van der Waals surface area (Å²) in [6, 6.07) is 17.3. The van der Waals surface area contributed by atoms with Crippen molar-refractivity contribution in [3.63, 3.8) is 0 Å². The molecule has 5 nitrogen and oxygen atoms in total. The highest BCUT2D eigenvalue weighted by atomic mass is 16.5. The predicted octanol–water partition coefficient (Wildman–Crippen LogP) is 4.07. The van der Waals surface area contributed by atoms with Gasteiger partial charge in [0.15, 0.2) is 0 Å². The van der Waals surface area contributed by atoms with Gasteiger partial charge in [0.2, 0.25) is 5.91 Å². The molecule has 3 rings (SSSR count). The molecular weight excluding hydrogens is 314 g/mol. The number of carbonyl (C=O) groups excluding carboxylic acids is 1. The minimum atomic E-state index is -0.0448. The molecule has 0 aliphatic rings. The molecule has 0 aliphatic carbocycles. The third-order valence-corrected chi connectivity index (χ3v) is 3.75. The van der Waals surface area contributed by atoms with Crippen molar-refractivity contribution in [1.29, 1.82) is 0 Å². The van der Waals surface area contributed by atoms with Crippen LogP contribution < -0.4 is 15.4 Å². The number of nitrogens with zero attached hydrogens (tertiary/aromatic N) is 1. The van der Waals surface area contributed by atoms with E-state index in [1.54, 1.807) is 6.20 Å². The van der Waals surface area contributed by atoms with Gasteiger partial charge >= 0.3 is 0 Å². The van der Waals surface area contributed by atoms with Crippen LogP contribution in [0.4, 0.5) is 11.4 Å². The Bertz CT molecular complexity index is 842. The van der Waals surface area contributed by atoms with Gasteiger partial charge in [0.25, 0.3) is 0 Å². The lowest BCUT2D eigenvalue weighted by molar-refractivity contribution is -0.115. The Morgan fingerprint density at radius 2 is 1.88 bits per heavy atom. The number of carbonyl (C=O) groups is 1. The summed E-state index contributed by atoms with van der Waals surface area (Å²) in [6.45, 7) is 3.16. The molecule has 2 aromatic carbocycles. The summed E-state index contributed by atoms with van der Waals surface area (Å²) in [4.78, 5) is 16.5. The Morgan fingerprint density at radius 3 is 2.68 bits per heavy atom. The van der Waals surface area contributed by atoms with Crippen LogP contribution in [0.15, 0.2) is 60.8 Å². The van der Waals surface area contributed by atoms with Crippen LogP contribution in [0.3, 0.4) is 0 Å². The Kier molecular flexibility index (Phi) is 5.46. The van der Waals surface area contributed by atoms with Crippen LogP contribution in [0.5, 0.6) is 5.75 Å². The third-order valence-electron chi connectivity index (χ3n) is 3.75. The number of nitrogens with one attached hydrogen (secondary N) is 2. The van der Waals surface area contributed by atoms with E-state index in [4.69, 9.17) is 4.74 Å². The first-order valence-electron chi connectivity index (χ1n) is 8.36. The molecule has 0 bridgehead atoms. The molecule has 0 aliphatic heterocycles. The van der Waals surface area contributed by atoms with Crippen molar-refractivity contribution in [2.75, 3.05) is 23.8 Å². The minimum Gasteiger partial charge on any atom is -0.494 e. The monoisotopic (exact) mass is 335 g/mol. The minimum absolute atomic E-state index is 0.0448. The molecule has 0 fully saturated rings. The number of hydrogen-bond acceptors (Lipinski definition) is 4. The van der Waals surface area contributed by atoms with Crippen molar-refractivity contribution in [3.8, 4) is 5.75 Å². The van der Waals surface area contributed by atoms with E-state index in [9.17, 15) is 4.79 Å². The largest absolute Gasteiger partial charge is 0.494 e. The lowest BCUT2D eigenvalue weighted by Crippen LogP contribution is -2.16. The molecule has 3 aromatic rings. The summed E-state index contributed by atoms with van der Waals surface area (Å²) in [5, 5.41) is 7.18. The Labute approximate surface area is 147 Å². The van der Waals surface area contributed by atoms with Crippen LogP contribution in [0.2, 0.25) is 0 Å². The SMILES string of the molecule is CCOc1ccc(NCCC(=O)Nc2cccc3cccnc23)cc1. The van der Waals surface area contributed by atoms with Crippen LogP contribution in [0, 0.1) is 0 Å². The number of hydrogen-bond donors (Lipinski definition) is 2. The van der Waals surface area contributed by atoms with Gasteiger partial charge in [-0.25, -0.2) is 0 Å². The summed E-state index contributed by atoms with van der Waals surface area (Å²) < 4.78 is 5.41. The van der Waals surface area contributed by atoms with E-state index < -0.39 is 0 Å². The number of aromatic nitrogens is 1. The van der Waals surface area contributed by atoms with Crippen molar-refractivity contribution < 1.29 is 9.53 Å². The molecule has 0 atom stereocenters. The lowest BCUT2D eigenvalue weighted by Gasteiger charge is -2.10. The lowest BCUT2D eigenvalue weighted by atomic mass is 10.2. The Hall–Kier alpha value is -3.08. The molecule has 1 amide bonds. The van der Waals surface area contributed by atoms with Gasteiger partial charge in [-0.15, -0.1) is 0 Å². The van der Waals surface area contributed by atoms with Crippen LogP contribution in [-0.2, 0) is 4.79 Å². The second-order valence-corrected chi connectivity index (χ2v) is 5.56. The predicted molar refractivity (Wildman–Crippen MR) is 101 cm³/mol. The van der Waals surface area contributed by atoms with Crippen molar-refractivity contribution in [1.82, 2.24) is 4.98 Å². The smallest absolute Gasteiger partial charge is 0.226 e. The van der Waals surface area contributed by atoms with E-state index in [1.165, 1.54) is 0 Å². The normalized spacial score (nSPS) is 10.4. The Balaban J connectivity index is 1.52. The Morgan fingerprint density at radius 1 is 1.08 bits per heavy atom. The number of amides is 1. The quantitative estimate of drug-likeness (QED) is 0.683. The summed E-state index contributed by atoms with van der Waals surface area (Å²) >= 11 is 0. The number of para-hydroxylation sites is 1. The summed E-state index contributed by atoms with van der Waals surface area (Å²) in [7, 11) is 0. The van der Waals surface area contributed by atoms with Gasteiger partial charge < -0.3 is 15.4 Å². The van der Waals surface area contributed by atoms with Crippen LogP contribution >= 0.6 is 0 Å². The number of fused-ring (bicyclic) bond motifs is 1. The zero-order valence-corrected chi connectivity index (χ0v) is 14.2. The first-order valence-corrected chi connectivity index (χ1v) is 8.36. The summed E-state index contributed by atoms with van der Waals surface area (Å²) in [6.07, 6.45) is 2.10. The van der Waals surface area contributed by atoms with Gasteiger partial charge in [-0.2, -0.15) is 0 Å². The standard InChI is InChI=1S/C20H21N3O2/c1-2-25-17-10-8-16(9-11-17)21-14-12-19(24)23-18-7-3-5-15-6-4-13-22-20(15)18/h3-11,13,21H,2,12,14H2,1H3,(H,23,24). The second kappa shape index (κ2) is 8.15. The molecule has 0 unspecified atom stereocenters. The fraction of sp³-hybridized carbons (Fsp3) is 0.200. The van der Waals surface area contributed by atoms with E-state index in [-0.39, 0.29) is 5.91 Å². The average molecular weight is 335 g/mol. The molecule has 1 heterocycles. The van der Waals surface area contributed by atoms with Crippen LogP contribution in [0.25, 0.3) is 10.9 Å². The van der Waals surface area contributed by atoms with Crippen LogP contribution in [-0.4, -0.2) is 24.0 Å². The van der Waals surface area contributed by atoms with E-state index in [2.05, 4.69) is 15.6 Å². The molecule has 0 saturated carbocycles. The highest BCUT2D eigenvalue weighted by Crippen LogP contribution is 2.20. The number of benzene rings is 2. The molecule has 2 N–H and O–H groups in total. The van der Waals surface area contributed by atoms with Crippen molar-refractivity contribution in [3.05, 3.63) is 60.8 Å². The summed E-state index contributed by atoms with van der Waals surface area (Å²) in [5.41, 5.74) is 2.50. The molecule has 128 valence electrons. The third kappa shape index (κ3) is 4.47. The summed E-state index contributed by atoms with van der Waals surface area (Å²) in [5.74, 6) is 0.797.